The number of thiocarbonyl (C=S) groups is 1. The number of fused-ring (bicyclic) bond motifs is 3. The molecule has 3 aliphatic rings. The maximum atomic E-state index is 13.0. The van der Waals surface area contributed by atoms with E-state index in [9.17, 15) is 26.3 Å². The number of nitrogens with one attached hydrogen (secondary N) is 2. The number of alkyl halides is 6. The van der Waals surface area contributed by atoms with Gasteiger partial charge in [-0.1, -0.05) is 6.08 Å². The Morgan fingerprint density at radius 2 is 1.76 bits per heavy atom. The zero-order chi connectivity index (χ0) is 21.4. The fraction of sp³-hybridized carbons (Fsp3) is 0.526. The molecule has 3 saturated heterocycles. The number of piperidine rings is 3. The summed E-state index contributed by atoms with van der Waals surface area (Å²) in [4.78, 5) is 2.31. The predicted molar refractivity (Wildman–Crippen MR) is 102 cm³/mol. The van der Waals surface area contributed by atoms with Gasteiger partial charge in [-0.3, -0.25) is 4.90 Å². The van der Waals surface area contributed by atoms with Gasteiger partial charge in [0.05, 0.1) is 11.1 Å². The number of rotatable bonds is 4. The van der Waals surface area contributed by atoms with E-state index in [-0.39, 0.29) is 22.9 Å². The lowest BCUT2D eigenvalue weighted by molar-refractivity contribution is -0.143. The molecular weight excluding hydrogens is 416 g/mol. The molecule has 3 fully saturated rings. The van der Waals surface area contributed by atoms with E-state index in [0.29, 0.717) is 30.5 Å². The van der Waals surface area contributed by atoms with Crippen LogP contribution in [0.15, 0.2) is 30.9 Å². The molecule has 1 aromatic rings. The Labute approximate surface area is 170 Å². The van der Waals surface area contributed by atoms with Crippen LogP contribution in [-0.4, -0.2) is 35.7 Å². The minimum atomic E-state index is -4.90. The topological polar surface area (TPSA) is 27.3 Å². The Morgan fingerprint density at radius 1 is 1.14 bits per heavy atom. The molecule has 0 spiro atoms. The van der Waals surface area contributed by atoms with Crippen LogP contribution in [0.25, 0.3) is 0 Å². The molecule has 3 heterocycles. The molecule has 4 atom stereocenters. The number of hydrogen-bond donors (Lipinski definition) is 2. The van der Waals surface area contributed by atoms with E-state index in [1.165, 1.54) is 0 Å². The molecule has 3 nitrogen and oxygen atoms in total. The minimum absolute atomic E-state index is 0.0135. The van der Waals surface area contributed by atoms with Crippen LogP contribution in [0.4, 0.5) is 32.0 Å². The lowest BCUT2D eigenvalue weighted by Gasteiger charge is -2.49. The number of anilines is 1. The molecule has 0 aliphatic carbocycles. The summed E-state index contributed by atoms with van der Waals surface area (Å²) in [6.45, 7) is 6.20. The molecule has 160 valence electrons. The Kier molecular flexibility index (Phi) is 6.14. The van der Waals surface area contributed by atoms with Crippen LogP contribution in [0, 0.1) is 11.8 Å². The van der Waals surface area contributed by atoms with Gasteiger partial charge >= 0.3 is 12.4 Å². The first-order valence-electron chi connectivity index (χ1n) is 9.18. The molecule has 0 amide bonds. The highest BCUT2D eigenvalue weighted by Gasteiger charge is 2.39. The highest BCUT2D eigenvalue weighted by molar-refractivity contribution is 7.80. The first-order chi connectivity index (χ1) is 13.5. The van der Waals surface area contributed by atoms with Crippen LogP contribution in [0.5, 0.6) is 0 Å². The minimum Gasteiger partial charge on any atom is -0.361 e. The number of benzene rings is 1. The van der Waals surface area contributed by atoms with E-state index in [1.807, 2.05) is 6.08 Å². The van der Waals surface area contributed by atoms with E-state index in [1.54, 1.807) is 0 Å². The molecule has 4 rings (SSSR count). The molecule has 2 N–H and O–H groups in total. The van der Waals surface area contributed by atoms with Crippen molar-refractivity contribution in [2.75, 3.05) is 25.0 Å². The molecule has 0 saturated carbocycles. The average Bonchev–Trinajstić information content (AvgIpc) is 2.65. The van der Waals surface area contributed by atoms with Crippen LogP contribution in [0.2, 0.25) is 0 Å². The summed E-state index contributed by atoms with van der Waals surface area (Å²) in [7, 11) is 0. The average molecular weight is 437 g/mol. The van der Waals surface area contributed by atoms with Crippen molar-refractivity contribution in [1.29, 1.82) is 0 Å². The summed E-state index contributed by atoms with van der Waals surface area (Å²) in [6.07, 6.45) is -5.78. The van der Waals surface area contributed by atoms with Crippen molar-refractivity contribution in [3.05, 3.63) is 42.0 Å². The van der Waals surface area contributed by atoms with E-state index < -0.39 is 23.5 Å². The van der Waals surface area contributed by atoms with Gasteiger partial charge in [-0.15, -0.1) is 6.58 Å². The molecule has 3 aliphatic heterocycles. The van der Waals surface area contributed by atoms with Crippen molar-refractivity contribution in [1.82, 2.24) is 10.2 Å². The van der Waals surface area contributed by atoms with Crippen LogP contribution in [-0.2, 0) is 12.4 Å². The molecule has 1 unspecified atom stereocenters. The van der Waals surface area contributed by atoms with Gasteiger partial charge in [0, 0.05) is 24.8 Å². The van der Waals surface area contributed by atoms with Crippen LogP contribution < -0.4 is 10.6 Å². The second-order valence-electron chi connectivity index (χ2n) is 7.46. The maximum absolute atomic E-state index is 13.0. The highest BCUT2D eigenvalue weighted by Crippen LogP contribution is 2.38. The second kappa shape index (κ2) is 8.14. The van der Waals surface area contributed by atoms with Gasteiger partial charge in [0.15, 0.2) is 5.11 Å². The Morgan fingerprint density at radius 3 is 2.24 bits per heavy atom. The van der Waals surface area contributed by atoms with Crippen LogP contribution >= 0.6 is 12.2 Å². The summed E-state index contributed by atoms with van der Waals surface area (Å²) in [5, 5.41) is 5.37. The molecule has 1 aromatic carbocycles. The zero-order valence-electron chi connectivity index (χ0n) is 15.4. The quantitative estimate of drug-likeness (QED) is 0.398. The van der Waals surface area contributed by atoms with Crippen molar-refractivity contribution >= 4 is 23.0 Å². The van der Waals surface area contributed by atoms with Gasteiger partial charge in [-0.25, -0.2) is 0 Å². The van der Waals surface area contributed by atoms with Crippen molar-refractivity contribution in [3.63, 3.8) is 0 Å². The highest BCUT2D eigenvalue weighted by atomic mass is 32.1. The van der Waals surface area contributed by atoms with E-state index >= 15 is 0 Å². The zero-order valence-corrected chi connectivity index (χ0v) is 16.2. The summed E-state index contributed by atoms with van der Waals surface area (Å²) in [5.74, 6) is 1.000. The van der Waals surface area contributed by atoms with Crippen molar-refractivity contribution in [2.45, 2.75) is 31.2 Å². The summed E-state index contributed by atoms with van der Waals surface area (Å²) >= 11 is 5.09. The Bertz CT molecular complexity index is 744. The number of nitrogens with zero attached hydrogens (tertiary/aromatic N) is 1. The van der Waals surface area contributed by atoms with Gasteiger partial charge in [0.1, 0.15) is 0 Å². The van der Waals surface area contributed by atoms with Gasteiger partial charge in [-0.05, 0) is 61.6 Å². The third-order valence-corrected chi connectivity index (χ3v) is 5.82. The lowest BCUT2D eigenvalue weighted by Crippen LogP contribution is -2.56. The molecule has 29 heavy (non-hydrogen) atoms. The lowest BCUT2D eigenvalue weighted by atomic mass is 9.76. The SMILES string of the molecule is C=C[C@H]1CN2CC[C@H]1C[C@H]2CNC(=S)Nc1cc(C(F)(F)F)cc(C(F)(F)F)c1. The third kappa shape index (κ3) is 5.22. The smallest absolute Gasteiger partial charge is 0.361 e. The van der Waals surface area contributed by atoms with Crippen LogP contribution in [0.3, 0.4) is 0 Å². The molecule has 0 aromatic heterocycles. The van der Waals surface area contributed by atoms with Crippen LogP contribution in [0.1, 0.15) is 24.0 Å². The Hall–Kier alpha value is -1.81. The van der Waals surface area contributed by atoms with Gasteiger partial charge in [0.25, 0.3) is 0 Å². The summed E-state index contributed by atoms with van der Waals surface area (Å²) < 4.78 is 77.7. The maximum Gasteiger partial charge on any atom is 0.416 e. The fourth-order valence-electron chi connectivity index (χ4n) is 4.07. The standard InChI is InChI=1S/C19H21F6N3S/c1-2-11-10-28-4-3-12(11)5-16(28)9-26-17(29)27-15-7-13(18(20,21)22)6-14(8-15)19(23,24)25/h2,6-8,11-12,16H,1,3-5,9-10H2,(H2,26,27,29)/t11-,12-,16-/m0/s1. The largest absolute Gasteiger partial charge is 0.416 e. The summed E-state index contributed by atoms with van der Waals surface area (Å²) in [6, 6.07) is 1.54. The van der Waals surface area contributed by atoms with E-state index in [2.05, 4.69) is 22.1 Å². The molecule has 10 heteroatoms. The second-order valence-corrected chi connectivity index (χ2v) is 7.87. The number of halogens is 6. The predicted octanol–water partition coefficient (Wildman–Crippen LogP) is 4.91. The Balaban J connectivity index is 1.64. The van der Waals surface area contributed by atoms with Crippen molar-refractivity contribution < 1.29 is 26.3 Å². The third-order valence-electron chi connectivity index (χ3n) is 5.58. The first kappa shape index (κ1) is 21.9. The normalized spacial score (nSPS) is 26.8. The van der Waals surface area contributed by atoms with Crippen molar-refractivity contribution in [2.24, 2.45) is 11.8 Å². The molecule has 2 bridgehead atoms. The van der Waals surface area contributed by atoms with Gasteiger partial charge in [0.2, 0.25) is 0 Å². The first-order valence-corrected chi connectivity index (χ1v) is 9.59. The molecule has 0 radical (unpaired) electrons. The monoisotopic (exact) mass is 437 g/mol. The van der Waals surface area contributed by atoms with E-state index in [4.69, 9.17) is 12.2 Å². The fourth-order valence-corrected chi connectivity index (χ4v) is 4.27. The van der Waals surface area contributed by atoms with E-state index in [0.717, 1.165) is 25.9 Å². The molecular formula is C19H21F6N3S. The number of hydrogen-bond acceptors (Lipinski definition) is 2. The summed E-state index contributed by atoms with van der Waals surface area (Å²) in [5.41, 5.74) is -3.13. The van der Waals surface area contributed by atoms with Crippen molar-refractivity contribution in [3.8, 4) is 0 Å². The van der Waals surface area contributed by atoms with Gasteiger partial charge in [-0.2, -0.15) is 26.3 Å². The van der Waals surface area contributed by atoms with Gasteiger partial charge < -0.3 is 10.6 Å².